The fourth-order valence-electron chi connectivity index (χ4n) is 5.68. The number of hydrogen-bond donors (Lipinski definition) is 1. The Hall–Kier alpha value is -1.53. The molecule has 2 unspecified atom stereocenters. The molecule has 2 saturated heterocycles. The lowest BCUT2D eigenvalue weighted by molar-refractivity contribution is -0.129. The number of nitrogens with one attached hydrogen (secondary N) is 1. The van der Waals surface area contributed by atoms with E-state index in [1.807, 2.05) is 0 Å². The summed E-state index contributed by atoms with van der Waals surface area (Å²) in [5.74, 6) is -0.644. The van der Waals surface area contributed by atoms with Crippen LogP contribution in [0.3, 0.4) is 0 Å². The van der Waals surface area contributed by atoms with Crippen LogP contribution < -0.4 is 5.32 Å². The number of benzene rings is 1. The lowest BCUT2D eigenvalue weighted by Crippen LogP contribution is -2.58. The number of nitrogens with zero attached hydrogens (tertiary/aromatic N) is 2. The van der Waals surface area contributed by atoms with E-state index in [2.05, 4.69) is 22.0 Å². The second-order valence-corrected chi connectivity index (χ2v) is 8.66. The highest BCUT2D eigenvalue weighted by Gasteiger charge is 2.50. The van der Waals surface area contributed by atoms with Gasteiger partial charge in [-0.2, -0.15) is 0 Å². The van der Waals surface area contributed by atoms with E-state index in [4.69, 9.17) is 0 Å². The van der Waals surface area contributed by atoms with E-state index in [1.165, 1.54) is 12.1 Å². The molecule has 1 amide bonds. The van der Waals surface area contributed by atoms with Gasteiger partial charge in [-0.15, -0.1) is 0 Å². The van der Waals surface area contributed by atoms with Gasteiger partial charge >= 0.3 is 0 Å². The molecule has 4 nitrogen and oxygen atoms in total. The summed E-state index contributed by atoms with van der Waals surface area (Å²) in [5.41, 5.74) is 0.426. The minimum absolute atomic E-state index is 0.164. The summed E-state index contributed by atoms with van der Waals surface area (Å²) in [6, 6.07) is 4.26. The smallest absolute Gasteiger partial charge is 0.241 e. The first kappa shape index (κ1) is 19.8. The van der Waals surface area contributed by atoms with Crippen molar-refractivity contribution in [3.8, 4) is 0 Å². The third-order valence-electron chi connectivity index (χ3n) is 7.09. The standard InChI is InChI=1S/C22H31F2N3O/c1-2-9-27-15-25-21(28)22(27)7-10-26(11-8-22)20-6-4-3-5-19(20)16-12-17(23)14-18(24)13-16/h12-14,19-20H,2-11,15H2,1H3,(H,25,28). The molecular weight excluding hydrogens is 360 g/mol. The predicted octanol–water partition coefficient (Wildman–Crippen LogP) is 3.62. The molecule has 4 rings (SSSR count). The van der Waals surface area contributed by atoms with Gasteiger partial charge in [-0.1, -0.05) is 19.8 Å². The van der Waals surface area contributed by atoms with Crippen LogP contribution in [0.2, 0.25) is 0 Å². The summed E-state index contributed by atoms with van der Waals surface area (Å²) in [5, 5.41) is 3.04. The molecule has 0 aromatic heterocycles. The van der Waals surface area contributed by atoms with Crippen LogP contribution in [-0.4, -0.2) is 53.6 Å². The Bertz CT molecular complexity index is 697. The topological polar surface area (TPSA) is 35.6 Å². The number of carbonyl (C=O) groups is 1. The van der Waals surface area contributed by atoms with Crippen molar-refractivity contribution in [2.45, 2.75) is 69.4 Å². The predicted molar refractivity (Wildman–Crippen MR) is 105 cm³/mol. The minimum Gasteiger partial charge on any atom is -0.342 e. The minimum atomic E-state index is -0.491. The Morgan fingerprint density at radius 1 is 1.11 bits per heavy atom. The van der Waals surface area contributed by atoms with Crippen LogP contribution in [-0.2, 0) is 4.79 Å². The number of hydrogen-bond acceptors (Lipinski definition) is 3. The highest BCUT2D eigenvalue weighted by atomic mass is 19.1. The van der Waals surface area contributed by atoms with Crippen LogP contribution in [0, 0.1) is 11.6 Å². The molecule has 1 aromatic carbocycles. The van der Waals surface area contributed by atoms with Gasteiger partial charge in [0.1, 0.15) is 17.2 Å². The Labute approximate surface area is 166 Å². The van der Waals surface area contributed by atoms with Gasteiger partial charge in [0.2, 0.25) is 5.91 Å². The molecule has 3 fully saturated rings. The van der Waals surface area contributed by atoms with Crippen molar-refractivity contribution >= 4 is 5.91 Å². The molecule has 1 N–H and O–H groups in total. The van der Waals surface area contributed by atoms with Crippen LogP contribution >= 0.6 is 0 Å². The van der Waals surface area contributed by atoms with Crippen molar-refractivity contribution in [2.24, 2.45) is 0 Å². The number of likely N-dealkylation sites (tertiary alicyclic amines) is 1. The van der Waals surface area contributed by atoms with E-state index in [-0.39, 0.29) is 17.4 Å². The largest absolute Gasteiger partial charge is 0.342 e. The van der Waals surface area contributed by atoms with Crippen molar-refractivity contribution in [1.82, 2.24) is 15.1 Å². The Morgan fingerprint density at radius 2 is 1.79 bits per heavy atom. The molecule has 3 aliphatic rings. The lowest BCUT2D eigenvalue weighted by atomic mass is 9.77. The van der Waals surface area contributed by atoms with Gasteiger partial charge < -0.3 is 5.32 Å². The highest BCUT2D eigenvalue weighted by molar-refractivity contribution is 5.88. The van der Waals surface area contributed by atoms with Crippen LogP contribution in [0.1, 0.15) is 63.4 Å². The van der Waals surface area contributed by atoms with E-state index in [9.17, 15) is 13.6 Å². The number of piperidine rings is 1. The first-order valence-corrected chi connectivity index (χ1v) is 10.8. The van der Waals surface area contributed by atoms with Gasteiger partial charge in [0.05, 0.1) is 6.67 Å². The van der Waals surface area contributed by atoms with Crippen LogP contribution in [0.4, 0.5) is 8.78 Å². The van der Waals surface area contributed by atoms with E-state index in [0.717, 1.165) is 76.2 Å². The molecule has 1 aromatic rings. The van der Waals surface area contributed by atoms with Gasteiger partial charge in [-0.3, -0.25) is 14.6 Å². The third-order valence-corrected chi connectivity index (χ3v) is 7.09. The van der Waals surface area contributed by atoms with Crippen LogP contribution in [0.5, 0.6) is 0 Å². The zero-order chi connectivity index (χ0) is 19.7. The summed E-state index contributed by atoms with van der Waals surface area (Å²) in [6.45, 7) is 5.48. The molecule has 1 saturated carbocycles. The first-order chi connectivity index (χ1) is 13.5. The zero-order valence-electron chi connectivity index (χ0n) is 16.7. The van der Waals surface area contributed by atoms with Crippen molar-refractivity contribution in [3.05, 3.63) is 35.4 Å². The third kappa shape index (κ3) is 3.57. The summed E-state index contributed by atoms with van der Waals surface area (Å²) < 4.78 is 27.6. The number of rotatable bonds is 4. The number of amides is 1. The van der Waals surface area contributed by atoms with Crippen LogP contribution in [0.15, 0.2) is 18.2 Å². The second kappa shape index (κ2) is 8.07. The maximum atomic E-state index is 13.8. The molecule has 0 radical (unpaired) electrons. The summed E-state index contributed by atoms with van der Waals surface area (Å²) in [4.78, 5) is 17.4. The summed E-state index contributed by atoms with van der Waals surface area (Å²) in [7, 11) is 0. The fraction of sp³-hybridized carbons (Fsp3) is 0.682. The fourth-order valence-corrected chi connectivity index (χ4v) is 5.68. The monoisotopic (exact) mass is 391 g/mol. The average Bonchev–Trinajstić information content (AvgIpc) is 2.98. The van der Waals surface area contributed by atoms with Gasteiger partial charge in [0.15, 0.2) is 0 Å². The normalized spacial score (nSPS) is 28.6. The lowest BCUT2D eigenvalue weighted by Gasteiger charge is -2.47. The highest BCUT2D eigenvalue weighted by Crippen LogP contribution is 2.40. The van der Waals surface area contributed by atoms with Crippen LogP contribution in [0.25, 0.3) is 0 Å². The number of halogens is 2. The Morgan fingerprint density at radius 3 is 2.46 bits per heavy atom. The molecule has 0 bridgehead atoms. The molecule has 1 aliphatic carbocycles. The van der Waals surface area contributed by atoms with Crippen molar-refractivity contribution in [3.63, 3.8) is 0 Å². The first-order valence-electron chi connectivity index (χ1n) is 10.8. The van der Waals surface area contributed by atoms with Gasteiger partial charge in [-0.25, -0.2) is 8.78 Å². The molecule has 154 valence electrons. The summed E-state index contributed by atoms with van der Waals surface area (Å²) in [6.07, 6.45) is 6.99. The van der Waals surface area contributed by atoms with Gasteiger partial charge in [0, 0.05) is 31.7 Å². The molecule has 2 aliphatic heterocycles. The van der Waals surface area contributed by atoms with Gasteiger partial charge in [-0.05, 0) is 55.7 Å². The quantitative estimate of drug-likeness (QED) is 0.852. The van der Waals surface area contributed by atoms with Crippen molar-refractivity contribution in [2.75, 3.05) is 26.3 Å². The zero-order valence-corrected chi connectivity index (χ0v) is 16.7. The SMILES string of the molecule is CCCN1CNC(=O)C12CCN(C1CCCCC1c1cc(F)cc(F)c1)CC2. The molecular formula is C22H31F2N3O. The Kier molecular flexibility index (Phi) is 5.70. The second-order valence-electron chi connectivity index (χ2n) is 8.66. The molecule has 1 spiro atoms. The van der Waals surface area contributed by atoms with Crippen molar-refractivity contribution in [1.29, 1.82) is 0 Å². The van der Waals surface area contributed by atoms with E-state index < -0.39 is 11.6 Å². The van der Waals surface area contributed by atoms with E-state index in [0.29, 0.717) is 12.7 Å². The molecule has 28 heavy (non-hydrogen) atoms. The van der Waals surface area contributed by atoms with Crippen molar-refractivity contribution < 1.29 is 13.6 Å². The molecule has 6 heteroatoms. The maximum absolute atomic E-state index is 13.8. The number of carbonyl (C=O) groups excluding carboxylic acids is 1. The molecule has 2 atom stereocenters. The maximum Gasteiger partial charge on any atom is 0.241 e. The van der Waals surface area contributed by atoms with E-state index in [1.54, 1.807) is 0 Å². The summed E-state index contributed by atoms with van der Waals surface area (Å²) >= 11 is 0. The van der Waals surface area contributed by atoms with Gasteiger partial charge in [0.25, 0.3) is 0 Å². The average molecular weight is 392 g/mol. The Balaban J connectivity index is 1.50. The van der Waals surface area contributed by atoms with E-state index >= 15 is 0 Å². The molecule has 2 heterocycles.